The van der Waals surface area contributed by atoms with Crippen molar-refractivity contribution in [3.8, 4) is 0 Å². The topological polar surface area (TPSA) is 42.4 Å². The number of hydrogen-bond acceptors (Lipinski definition) is 3. The Labute approximate surface area is 88.9 Å². The summed E-state index contributed by atoms with van der Waals surface area (Å²) in [4.78, 5) is 17.3. The second kappa shape index (κ2) is 3.22. The molecule has 15 heavy (non-hydrogen) atoms. The quantitative estimate of drug-likeness (QED) is 0.706. The number of nitrogens with zero attached hydrogens (tertiary/aromatic N) is 2. The summed E-state index contributed by atoms with van der Waals surface area (Å²) in [5, 5.41) is 0. The number of carbonyl (C=O) groups is 1. The first kappa shape index (κ1) is 9.96. The third-order valence-electron chi connectivity index (χ3n) is 2.30. The van der Waals surface area contributed by atoms with Crippen molar-refractivity contribution in [2.45, 2.75) is 26.4 Å². The molecular weight excluding hydrogens is 192 g/mol. The molecule has 1 aromatic heterocycles. The van der Waals surface area contributed by atoms with E-state index in [0.29, 0.717) is 12.4 Å². The van der Waals surface area contributed by atoms with Gasteiger partial charge in [0.15, 0.2) is 0 Å². The Kier molecular flexibility index (Phi) is 2.14. The summed E-state index contributed by atoms with van der Waals surface area (Å²) in [6, 6.07) is 3.76. The molecule has 0 saturated carbocycles. The summed E-state index contributed by atoms with van der Waals surface area (Å²) >= 11 is 0. The van der Waals surface area contributed by atoms with Gasteiger partial charge in [-0.25, -0.2) is 9.78 Å². The minimum Gasteiger partial charge on any atom is -0.441 e. The lowest BCUT2D eigenvalue weighted by atomic mass is 10.1. The standard InChI is InChI=1S/C11H14N2O2/c1-8-4-5-9(12-6-8)13-7-11(2,3)15-10(13)14/h4-6H,7H2,1-3H3. The van der Waals surface area contributed by atoms with Crippen LogP contribution in [0.3, 0.4) is 0 Å². The summed E-state index contributed by atoms with van der Waals surface area (Å²) in [5.41, 5.74) is 0.648. The number of aromatic nitrogens is 1. The summed E-state index contributed by atoms with van der Waals surface area (Å²) in [7, 11) is 0. The van der Waals surface area contributed by atoms with Gasteiger partial charge in [0, 0.05) is 6.20 Å². The van der Waals surface area contributed by atoms with Crippen LogP contribution >= 0.6 is 0 Å². The van der Waals surface area contributed by atoms with Crippen molar-refractivity contribution < 1.29 is 9.53 Å². The monoisotopic (exact) mass is 206 g/mol. The number of amides is 1. The van der Waals surface area contributed by atoms with E-state index in [9.17, 15) is 4.79 Å². The lowest BCUT2D eigenvalue weighted by Crippen LogP contribution is -2.28. The zero-order valence-electron chi connectivity index (χ0n) is 9.15. The van der Waals surface area contributed by atoms with Crippen LogP contribution in [-0.2, 0) is 4.74 Å². The number of rotatable bonds is 1. The number of cyclic esters (lactones) is 1. The fraction of sp³-hybridized carbons (Fsp3) is 0.455. The summed E-state index contributed by atoms with van der Waals surface area (Å²) in [5.74, 6) is 0.649. The van der Waals surface area contributed by atoms with Crippen molar-refractivity contribution in [3.05, 3.63) is 23.9 Å². The third kappa shape index (κ3) is 1.93. The van der Waals surface area contributed by atoms with Crippen LogP contribution in [0.4, 0.5) is 10.6 Å². The van der Waals surface area contributed by atoms with E-state index in [-0.39, 0.29) is 6.09 Å². The lowest BCUT2D eigenvalue weighted by molar-refractivity contribution is 0.0871. The predicted molar refractivity (Wildman–Crippen MR) is 56.9 cm³/mol. The van der Waals surface area contributed by atoms with Gasteiger partial charge in [-0.1, -0.05) is 6.07 Å². The molecule has 1 saturated heterocycles. The second-order valence-electron chi connectivity index (χ2n) is 4.41. The molecule has 0 radical (unpaired) electrons. The Hall–Kier alpha value is -1.58. The molecule has 0 N–H and O–H groups in total. The first-order valence-corrected chi connectivity index (χ1v) is 4.91. The SMILES string of the molecule is Cc1ccc(N2CC(C)(C)OC2=O)nc1. The van der Waals surface area contributed by atoms with Gasteiger partial charge in [-0.05, 0) is 32.4 Å². The molecule has 4 heteroatoms. The molecule has 4 nitrogen and oxygen atoms in total. The Morgan fingerprint density at radius 2 is 2.20 bits per heavy atom. The molecule has 0 aliphatic carbocycles. The molecule has 0 aromatic carbocycles. The highest BCUT2D eigenvalue weighted by Gasteiger charge is 2.38. The van der Waals surface area contributed by atoms with Crippen molar-refractivity contribution in [1.82, 2.24) is 4.98 Å². The highest BCUT2D eigenvalue weighted by atomic mass is 16.6. The Bertz CT molecular complexity index is 384. The van der Waals surface area contributed by atoms with E-state index in [1.165, 1.54) is 0 Å². The molecule has 80 valence electrons. The van der Waals surface area contributed by atoms with E-state index in [4.69, 9.17) is 4.74 Å². The summed E-state index contributed by atoms with van der Waals surface area (Å²) < 4.78 is 5.19. The zero-order chi connectivity index (χ0) is 11.1. The number of anilines is 1. The number of aryl methyl sites for hydroxylation is 1. The minimum absolute atomic E-state index is 0.323. The van der Waals surface area contributed by atoms with Crippen LogP contribution in [-0.4, -0.2) is 23.2 Å². The molecule has 1 aliphatic rings. The van der Waals surface area contributed by atoms with Crippen molar-refractivity contribution >= 4 is 11.9 Å². The van der Waals surface area contributed by atoms with E-state index in [0.717, 1.165) is 5.56 Å². The molecule has 1 fully saturated rings. The van der Waals surface area contributed by atoms with Crippen LogP contribution < -0.4 is 4.90 Å². The fourth-order valence-electron chi connectivity index (χ4n) is 1.56. The van der Waals surface area contributed by atoms with E-state index < -0.39 is 5.60 Å². The molecule has 0 unspecified atom stereocenters. The Morgan fingerprint density at radius 1 is 1.47 bits per heavy atom. The zero-order valence-corrected chi connectivity index (χ0v) is 9.15. The smallest absolute Gasteiger partial charge is 0.416 e. The maximum Gasteiger partial charge on any atom is 0.416 e. The van der Waals surface area contributed by atoms with Gasteiger partial charge in [-0.15, -0.1) is 0 Å². The van der Waals surface area contributed by atoms with E-state index >= 15 is 0 Å². The second-order valence-corrected chi connectivity index (χ2v) is 4.41. The van der Waals surface area contributed by atoms with Crippen LogP contribution in [0.2, 0.25) is 0 Å². The molecule has 1 aliphatic heterocycles. The predicted octanol–water partition coefficient (Wildman–Crippen LogP) is 2.13. The van der Waals surface area contributed by atoms with Gasteiger partial charge in [0.1, 0.15) is 11.4 Å². The van der Waals surface area contributed by atoms with E-state index in [2.05, 4.69) is 4.98 Å². The molecule has 0 bridgehead atoms. The first-order valence-electron chi connectivity index (χ1n) is 4.91. The summed E-state index contributed by atoms with van der Waals surface area (Å²) in [6.45, 7) is 6.28. The average molecular weight is 206 g/mol. The van der Waals surface area contributed by atoms with E-state index in [1.54, 1.807) is 11.1 Å². The van der Waals surface area contributed by atoms with Gasteiger partial charge in [0.2, 0.25) is 0 Å². The highest BCUT2D eigenvalue weighted by Crippen LogP contribution is 2.25. The summed E-state index contributed by atoms with van der Waals surface area (Å²) in [6.07, 6.45) is 1.42. The van der Waals surface area contributed by atoms with Crippen molar-refractivity contribution in [2.24, 2.45) is 0 Å². The third-order valence-corrected chi connectivity index (χ3v) is 2.30. The van der Waals surface area contributed by atoms with Gasteiger partial charge in [-0.3, -0.25) is 4.90 Å². The number of carbonyl (C=O) groups excluding carboxylic acids is 1. The van der Waals surface area contributed by atoms with Crippen molar-refractivity contribution in [1.29, 1.82) is 0 Å². The fourth-order valence-corrected chi connectivity index (χ4v) is 1.56. The highest BCUT2D eigenvalue weighted by molar-refractivity contribution is 5.88. The van der Waals surface area contributed by atoms with Crippen LogP contribution in [0, 0.1) is 6.92 Å². The molecule has 1 aromatic rings. The first-order chi connectivity index (χ1) is 6.98. The molecule has 2 rings (SSSR count). The number of hydrogen-bond donors (Lipinski definition) is 0. The molecule has 0 atom stereocenters. The van der Waals surface area contributed by atoms with E-state index in [1.807, 2.05) is 32.9 Å². The molecule has 1 amide bonds. The van der Waals surface area contributed by atoms with Gasteiger partial charge >= 0.3 is 6.09 Å². The normalized spacial score (nSPS) is 19.1. The number of ether oxygens (including phenoxy) is 1. The molecule has 2 heterocycles. The van der Waals surface area contributed by atoms with Gasteiger partial charge in [0.25, 0.3) is 0 Å². The molecular formula is C11H14N2O2. The van der Waals surface area contributed by atoms with Crippen molar-refractivity contribution in [3.63, 3.8) is 0 Å². The maximum absolute atomic E-state index is 11.5. The van der Waals surface area contributed by atoms with Crippen LogP contribution in [0.25, 0.3) is 0 Å². The Morgan fingerprint density at radius 3 is 2.67 bits per heavy atom. The van der Waals surface area contributed by atoms with Crippen molar-refractivity contribution in [2.75, 3.05) is 11.4 Å². The average Bonchev–Trinajstić information content (AvgIpc) is 2.41. The molecule has 0 spiro atoms. The minimum atomic E-state index is -0.427. The lowest BCUT2D eigenvalue weighted by Gasteiger charge is -2.14. The van der Waals surface area contributed by atoms with Gasteiger partial charge in [-0.2, -0.15) is 0 Å². The maximum atomic E-state index is 11.5. The van der Waals surface area contributed by atoms with Gasteiger partial charge < -0.3 is 4.74 Å². The van der Waals surface area contributed by atoms with Crippen LogP contribution in [0.5, 0.6) is 0 Å². The largest absolute Gasteiger partial charge is 0.441 e. The Balaban J connectivity index is 2.25. The number of pyridine rings is 1. The van der Waals surface area contributed by atoms with Crippen LogP contribution in [0.1, 0.15) is 19.4 Å². The van der Waals surface area contributed by atoms with Crippen LogP contribution in [0.15, 0.2) is 18.3 Å². The van der Waals surface area contributed by atoms with Gasteiger partial charge in [0.05, 0.1) is 6.54 Å².